The SMILES string of the molecule is C=CCOC(=O)C1=C(OP(=O)(c2ccccc2)c2ccccc2)CCN1C(=O)c1cccs1. The van der Waals surface area contributed by atoms with E-state index in [4.69, 9.17) is 9.26 Å². The third kappa shape index (κ3) is 4.70. The predicted molar refractivity (Wildman–Crippen MR) is 129 cm³/mol. The van der Waals surface area contributed by atoms with Gasteiger partial charge in [0, 0.05) is 13.0 Å². The molecular formula is C25H22NO5PS. The topological polar surface area (TPSA) is 72.9 Å². The zero-order valence-corrected chi connectivity index (χ0v) is 19.5. The van der Waals surface area contributed by atoms with Crippen molar-refractivity contribution in [2.75, 3.05) is 13.2 Å². The minimum Gasteiger partial charge on any atom is -0.457 e. The summed E-state index contributed by atoms with van der Waals surface area (Å²) in [6.07, 6.45) is 1.68. The summed E-state index contributed by atoms with van der Waals surface area (Å²) in [7, 11) is -3.61. The molecule has 0 bridgehead atoms. The molecule has 8 heteroatoms. The van der Waals surface area contributed by atoms with Gasteiger partial charge in [0.1, 0.15) is 12.4 Å². The van der Waals surface area contributed by atoms with Crippen molar-refractivity contribution in [2.45, 2.75) is 6.42 Å². The minimum absolute atomic E-state index is 0.0221. The summed E-state index contributed by atoms with van der Waals surface area (Å²) in [5.41, 5.74) is -0.0256. The zero-order chi connectivity index (χ0) is 23.3. The number of nitrogens with zero attached hydrogens (tertiary/aromatic N) is 1. The fourth-order valence-electron chi connectivity index (χ4n) is 3.50. The molecule has 0 fully saturated rings. The van der Waals surface area contributed by atoms with Gasteiger partial charge in [-0.25, -0.2) is 4.79 Å². The first-order valence-electron chi connectivity index (χ1n) is 10.3. The van der Waals surface area contributed by atoms with Gasteiger partial charge in [0.2, 0.25) is 0 Å². The molecule has 0 spiro atoms. The second-order valence-electron chi connectivity index (χ2n) is 7.16. The Hall–Kier alpha value is -3.41. The number of hydrogen-bond acceptors (Lipinski definition) is 6. The molecule has 1 amide bonds. The van der Waals surface area contributed by atoms with Crippen LogP contribution in [-0.4, -0.2) is 29.9 Å². The highest BCUT2D eigenvalue weighted by Crippen LogP contribution is 2.49. The number of carbonyl (C=O) groups is 2. The fourth-order valence-corrected chi connectivity index (χ4v) is 6.30. The van der Waals surface area contributed by atoms with E-state index in [1.165, 1.54) is 22.3 Å². The van der Waals surface area contributed by atoms with E-state index in [9.17, 15) is 14.2 Å². The van der Waals surface area contributed by atoms with Crippen molar-refractivity contribution in [1.82, 2.24) is 4.90 Å². The first-order valence-corrected chi connectivity index (χ1v) is 12.8. The van der Waals surface area contributed by atoms with Crippen molar-refractivity contribution < 1.29 is 23.4 Å². The van der Waals surface area contributed by atoms with Gasteiger partial charge in [-0.15, -0.1) is 11.3 Å². The Labute approximate surface area is 196 Å². The summed E-state index contributed by atoms with van der Waals surface area (Å²) in [5.74, 6) is -0.881. The third-order valence-electron chi connectivity index (χ3n) is 5.03. The van der Waals surface area contributed by atoms with Crippen molar-refractivity contribution in [2.24, 2.45) is 0 Å². The molecule has 2 heterocycles. The van der Waals surface area contributed by atoms with Gasteiger partial charge >= 0.3 is 13.3 Å². The number of hydrogen-bond donors (Lipinski definition) is 0. The normalized spacial score (nSPS) is 13.6. The lowest BCUT2D eigenvalue weighted by molar-refractivity contribution is -0.139. The Morgan fingerprint density at radius 3 is 2.18 bits per heavy atom. The molecule has 4 rings (SSSR count). The Kier molecular flexibility index (Phi) is 6.92. The van der Waals surface area contributed by atoms with E-state index in [1.54, 1.807) is 66.0 Å². The quantitative estimate of drug-likeness (QED) is 0.271. The number of benzene rings is 2. The van der Waals surface area contributed by atoms with Crippen molar-refractivity contribution in [3.8, 4) is 0 Å². The van der Waals surface area contributed by atoms with E-state index in [2.05, 4.69) is 6.58 Å². The van der Waals surface area contributed by atoms with Crippen LogP contribution in [0.25, 0.3) is 0 Å². The van der Waals surface area contributed by atoms with Gasteiger partial charge in [0.15, 0.2) is 5.70 Å². The summed E-state index contributed by atoms with van der Waals surface area (Å²) in [6.45, 7) is 3.76. The van der Waals surface area contributed by atoms with Gasteiger partial charge < -0.3 is 9.26 Å². The average molecular weight is 479 g/mol. The molecule has 3 aromatic rings. The van der Waals surface area contributed by atoms with E-state index in [0.717, 1.165) is 0 Å². The van der Waals surface area contributed by atoms with Crippen LogP contribution >= 0.6 is 18.7 Å². The smallest absolute Gasteiger partial charge is 0.358 e. The summed E-state index contributed by atoms with van der Waals surface area (Å²) < 4.78 is 25.8. The van der Waals surface area contributed by atoms with Crippen molar-refractivity contribution in [3.05, 3.63) is 107 Å². The van der Waals surface area contributed by atoms with Gasteiger partial charge in [-0.3, -0.25) is 14.3 Å². The third-order valence-corrected chi connectivity index (χ3v) is 8.32. The maximum absolute atomic E-state index is 14.3. The van der Waals surface area contributed by atoms with Crippen molar-refractivity contribution >= 4 is 41.2 Å². The molecule has 2 aromatic carbocycles. The van der Waals surface area contributed by atoms with Crippen LogP contribution in [0.15, 0.2) is 102 Å². The maximum atomic E-state index is 14.3. The molecule has 0 saturated heterocycles. The summed E-state index contributed by atoms with van der Waals surface area (Å²) in [4.78, 5) is 27.9. The van der Waals surface area contributed by atoms with Crippen LogP contribution in [0.4, 0.5) is 0 Å². The van der Waals surface area contributed by atoms with E-state index in [1.807, 2.05) is 12.1 Å². The number of thiophene rings is 1. The molecule has 1 aliphatic rings. The predicted octanol–water partition coefficient (Wildman–Crippen LogP) is 4.48. The second kappa shape index (κ2) is 10.0. The minimum atomic E-state index is -3.61. The van der Waals surface area contributed by atoms with Gasteiger partial charge in [0.05, 0.1) is 15.5 Å². The van der Waals surface area contributed by atoms with E-state index < -0.39 is 13.3 Å². The zero-order valence-electron chi connectivity index (χ0n) is 17.8. The molecule has 0 N–H and O–H groups in total. The van der Waals surface area contributed by atoms with Crippen LogP contribution in [0.1, 0.15) is 16.1 Å². The molecule has 0 unspecified atom stereocenters. The monoisotopic (exact) mass is 479 g/mol. The largest absolute Gasteiger partial charge is 0.457 e. The molecule has 0 saturated carbocycles. The molecule has 0 atom stereocenters. The fraction of sp³-hybridized carbons (Fsp3) is 0.120. The number of carbonyl (C=O) groups excluding carboxylic acids is 2. The Balaban J connectivity index is 1.79. The molecular weight excluding hydrogens is 457 g/mol. The van der Waals surface area contributed by atoms with Crippen molar-refractivity contribution in [1.29, 1.82) is 0 Å². The first kappa shape index (κ1) is 22.8. The van der Waals surface area contributed by atoms with E-state index in [0.29, 0.717) is 15.5 Å². The molecule has 1 aliphatic heterocycles. The van der Waals surface area contributed by atoms with Crippen LogP contribution in [0.5, 0.6) is 0 Å². The van der Waals surface area contributed by atoms with Crippen LogP contribution in [0, 0.1) is 0 Å². The lowest BCUT2D eigenvalue weighted by Gasteiger charge is -2.22. The summed E-state index contributed by atoms with van der Waals surface area (Å²) in [6, 6.07) is 21.2. The highest BCUT2D eigenvalue weighted by Gasteiger charge is 2.40. The molecule has 0 radical (unpaired) electrons. The average Bonchev–Trinajstić information content (AvgIpc) is 3.54. The Morgan fingerprint density at radius 1 is 1.00 bits per heavy atom. The van der Waals surface area contributed by atoms with Gasteiger partial charge in [-0.1, -0.05) is 55.1 Å². The standard InChI is InChI=1S/C25H22NO5PS/c1-2-17-30-25(28)23-21(15-16-26(23)24(27)22-14-9-18-33-22)31-32(29,19-10-5-3-6-11-19)20-12-7-4-8-13-20/h2-14,18H,1,15-17H2. The summed E-state index contributed by atoms with van der Waals surface area (Å²) in [5, 5.41) is 2.77. The first-order chi connectivity index (χ1) is 16.0. The second-order valence-corrected chi connectivity index (χ2v) is 10.4. The van der Waals surface area contributed by atoms with Crippen LogP contribution < -0.4 is 10.6 Å². The number of amides is 1. The molecule has 168 valence electrons. The van der Waals surface area contributed by atoms with Crippen LogP contribution in [-0.2, 0) is 18.6 Å². The highest BCUT2D eigenvalue weighted by molar-refractivity contribution is 7.74. The van der Waals surface area contributed by atoms with Gasteiger partial charge in [-0.05, 0) is 35.7 Å². The number of rotatable bonds is 8. The molecule has 0 aliphatic carbocycles. The Bertz CT molecular complexity index is 1180. The van der Waals surface area contributed by atoms with Gasteiger partial charge in [0.25, 0.3) is 5.91 Å². The van der Waals surface area contributed by atoms with Gasteiger partial charge in [-0.2, -0.15) is 0 Å². The maximum Gasteiger partial charge on any atom is 0.358 e. The van der Waals surface area contributed by atoms with Crippen LogP contribution in [0.2, 0.25) is 0 Å². The lowest BCUT2D eigenvalue weighted by Crippen LogP contribution is -2.32. The number of ether oxygens (including phenoxy) is 1. The van der Waals surface area contributed by atoms with Crippen molar-refractivity contribution in [3.63, 3.8) is 0 Å². The molecule has 6 nitrogen and oxygen atoms in total. The Morgan fingerprint density at radius 2 is 1.64 bits per heavy atom. The van der Waals surface area contributed by atoms with E-state index in [-0.39, 0.29) is 36.9 Å². The van der Waals surface area contributed by atoms with E-state index >= 15 is 0 Å². The molecule has 33 heavy (non-hydrogen) atoms. The lowest BCUT2D eigenvalue weighted by atomic mass is 10.3. The highest BCUT2D eigenvalue weighted by atomic mass is 32.1. The number of esters is 1. The molecule has 1 aromatic heterocycles. The summed E-state index contributed by atoms with van der Waals surface area (Å²) >= 11 is 1.28. The van der Waals surface area contributed by atoms with Crippen LogP contribution in [0.3, 0.4) is 0 Å².